The lowest BCUT2D eigenvalue weighted by atomic mass is 10.2. The first kappa shape index (κ1) is 14.5. The second-order valence-corrected chi connectivity index (χ2v) is 4.59. The van der Waals surface area contributed by atoms with E-state index in [1.54, 1.807) is 6.92 Å². The Morgan fingerprint density at radius 3 is 2.50 bits per heavy atom. The molecule has 0 saturated heterocycles. The molecule has 0 unspecified atom stereocenters. The first-order valence-electron chi connectivity index (χ1n) is 4.95. The fourth-order valence-electron chi connectivity index (χ4n) is 1.22. The van der Waals surface area contributed by atoms with Crippen molar-refractivity contribution in [1.82, 2.24) is 0 Å². The molecule has 1 heterocycles. The number of aryl methyl sites for hydroxylation is 1. The number of nitrogens with one attached hydrogen (secondary N) is 1. The molecule has 0 aliphatic carbocycles. The normalized spacial score (nSPS) is 11.3. The Labute approximate surface area is 104 Å². The van der Waals surface area contributed by atoms with Crippen LogP contribution in [0.15, 0.2) is 6.07 Å². The summed E-state index contributed by atoms with van der Waals surface area (Å²) in [7, 11) is 0. The van der Waals surface area contributed by atoms with E-state index in [9.17, 15) is 22.8 Å². The van der Waals surface area contributed by atoms with Crippen molar-refractivity contribution in [3.63, 3.8) is 0 Å². The number of halogens is 3. The Morgan fingerprint density at radius 2 is 2.06 bits per heavy atom. The molecule has 0 radical (unpaired) electrons. The molecule has 0 aliphatic heterocycles. The van der Waals surface area contributed by atoms with Crippen LogP contribution in [0.2, 0.25) is 0 Å². The van der Waals surface area contributed by atoms with Gasteiger partial charge in [0.15, 0.2) is 0 Å². The summed E-state index contributed by atoms with van der Waals surface area (Å²) < 4.78 is 35.9. The zero-order valence-corrected chi connectivity index (χ0v) is 10.1. The van der Waals surface area contributed by atoms with Crippen LogP contribution in [-0.2, 0) is 11.2 Å². The van der Waals surface area contributed by atoms with Crippen molar-refractivity contribution in [1.29, 1.82) is 0 Å². The Balaban J connectivity index is 2.86. The Morgan fingerprint density at radius 1 is 1.44 bits per heavy atom. The average Bonchev–Trinajstić information content (AvgIpc) is 2.57. The summed E-state index contributed by atoms with van der Waals surface area (Å²) >= 11 is 0.962. The number of anilines is 1. The van der Waals surface area contributed by atoms with Gasteiger partial charge in [-0.2, -0.15) is 13.2 Å². The first-order chi connectivity index (χ1) is 8.23. The van der Waals surface area contributed by atoms with Crippen LogP contribution >= 0.6 is 11.3 Å². The van der Waals surface area contributed by atoms with Crippen LogP contribution in [0.5, 0.6) is 0 Å². The molecule has 0 fully saturated rings. The van der Waals surface area contributed by atoms with Crippen molar-refractivity contribution in [2.75, 3.05) is 5.32 Å². The Bertz CT molecular complexity index is 467. The van der Waals surface area contributed by atoms with E-state index in [0.29, 0.717) is 11.3 Å². The zero-order valence-electron chi connectivity index (χ0n) is 9.30. The van der Waals surface area contributed by atoms with Crippen LogP contribution < -0.4 is 5.32 Å². The second-order valence-electron chi connectivity index (χ2n) is 3.45. The maximum absolute atomic E-state index is 12.0. The van der Waals surface area contributed by atoms with Gasteiger partial charge in [0.1, 0.15) is 11.4 Å². The highest BCUT2D eigenvalue weighted by Gasteiger charge is 2.31. The summed E-state index contributed by atoms with van der Waals surface area (Å²) in [5.41, 5.74) is -0.188. The fourth-order valence-corrected chi connectivity index (χ4v) is 2.23. The lowest BCUT2D eigenvalue weighted by molar-refractivity contribution is -0.150. The number of hydrogen-bond donors (Lipinski definition) is 2. The number of thiophene rings is 1. The van der Waals surface area contributed by atoms with E-state index in [-0.39, 0.29) is 10.6 Å². The van der Waals surface area contributed by atoms with Gasteiger partial charge in [0.05, 0.1) is 5.56 Å². The lowest BCUT2D eigenvalue weighted by Gasteiger charge is -2.06. The molecular weight excluding hydrogens is 271 g/mol. The standard InChI is InChI=1S/C10H10F3NO3S/c1-2-5-3-6(9(16)17)8(18-5)14-7(15)4-10(11,12)13/h3H,2,4H2,1H3,(H,14,15)(H,16,17). The average molecular weight is 281 g/mol. The number of rotatable bonds is 4. The summed E-state index contributed by atoms with van der Waals surface area (Å²) in [4.78, 5) is 22.6. The first-order valence-corrected chi connectivity index (χ1v) is 5.77. The number of carboxylic acids is 1. The third-order valence-corrected chi connectivity index (χ3v) is 3.17. The minimum absolute atomic E-state index is 0.0615. The highest BCUT2D eigenvalue weighted by atomic mass is 32.1. The second kappa shape index (κ2) is 5.38. The molecule has 2 N–H and O–H groups in total. The molecule has 0 bridgehead atoms. The predicted molar refractivity (Wildman–Crippen MR) is 60.0 cm³/mol. The van der Waals surface area contributed by atoms with Crippen LogP contribution in [0.25, 0.3) is 0 Å². The molecule has 1 aromatic heterocycles. The maximum atomic E-state index is 12.0. The number of aromatic carboxylic acids is 1. The molecule has 18 heavy (non-hydrogen) atoms. The van der Waals surface area contributed by atoms with Gasteiger partial charge in [-0.05, 0) is 12.5 Å². The molecule has 1 aromatic rings. The third kappa shape index (κ3) is 4.02. The highest BCUT2D eigenvalue weighted by Crippen LogP contribution is 2.29. The van der Waals surface area contributed by atoms with Crippen LogP contribution in [0.3, 0.4) is 0 Å². The van der Waals surface area contributed by atoms with Gasteiger partial charge in [-0.15, -0.1) is 11.3 Å². The largest absolute Gasteiger partial charge is 0.478 e. The van der Waals surface area contributed by atoms with E-state index < -0.39 is 24.5 Å². The van der Waals surface area contributed by atoms with Gasteiger partial charge in [0.25, 0.3) is 0 Å². The molecule has 4 nitrogen and oxygen atoms in total. The molecule has 1 amide bonds. The topological polar surface area (TPSA) is 66.4 Å². The molecule has 100 valence electrons. The van der Waals surface area contributed by atoms with Gasteiger partial charge < -0.3 is 10.4 Å². The zero-order chi connectivity index (χ0) is 13.9. The number of carboxylic acid groups (broad SMARTS) is 1. The fraction of sp³-hybridized carbons (Fsp3) is 0.400. The van der Waals surface area contributed by atoms with E-state index in [0.717, 1.165) is 11.3 Å². The minimum atomic E-state index is -4.61. The predicted octanol–water partition coefficient (Wildman–Crippen LogP) is 2.90. The van der Waals surface area contributed by atoms with Gasteiger partial charge >= 0.3 is 12.1 Å². The van der Waals surface area contributed by atoms with Crippen LogP contribution in [0.1, 0.15) is 28.6 Å². The smallest absolute Gasteiger partial charge is 0.397 e. The van der Waals surface area contributed by atoms with E-state index in [4.69, 9.17) is 5.11 Å². The number of carbonyl (C=O) groups is 2. The molecular formula is C10H10F3NO3S. The van der Waals surface area contributed by atoms with E-state index in [1.807, 2.05) is 5.32 Å². The van der Waals surface area contributed by atoms with Gasteiger partial charge in [0.2, 0.25) is 5.91 Å². The van der Waals surface area contributed by atoms with Gasteiger partial charge in [-0.25, -0.2) is 4.79 Å². The molecule has 8 heteroatoms. The van der Waals surface area contributed by atoms with Crippen molar-refractivity contribution in [2.45, 2.75) is 25.9 Å². The summed E-state index contributed by atoms with van der Waals surface area (Å²) in [5.74, 6) is -2.55. The van der Waals surface area contributed by atoms with Gasteiger partial charge in [-0.3, -0.25) is 4.79 Å². The lowest BCUT2D eigenvalue weighted by Crippen LogP contribution is -2.21. The van der Waals surface area contributed by atoms with E-state index in [2.05, 4.69) is 0 Å². The van der Waals surface area contributed by atoms with Crippen molar-refractivity contribution in [3.05, 3.63) is 16.5 Å². The number of carbonyl (C=O) groups excluding carboxylic acids is 1. The maximum Gasteiger partial charge on any atom is 0.397 e. The summed E-state index contributed by atoms with van der Waals surface area (Å²) in [6.07, 6.45) is -5.70. The van der Waals surface area contributed by atoms with Crippen LogP contribution in [0.4, 0.5) is 18.2 Å². The SMILES string of the molecule is CCc1cc(C(=O)O)c(NC(=O)CC(F)(F)F)s1. The van der Waals surface area contributed by atoms with Crippen LogP contribution in [0, 0.1) is 0 Å². The monoisotopic (exact) mass is 281 g/mol. The molecule has 0 aromatic carbocycles. The van der Waals surface area contributed by atoms with Crippen molar-refractivity contribution in [3.8, 4) is 0 Å². The molecule has 0 aliphatic rings. The van der Waals surface area contributed by atoms with E-state index in [1.165, 1.54) is 6.07 Å². The summed E-state index contributed by atoms with van der Waals surface area (Å²) in [5, 5.41) is 10.8. The molecule has 0 saturated carbocycles. The Hall–Kier alpha value is -1.57. The van der Waals surface area contributed by atoms with Crippen molar-refractivity contribution < 1.29 is 27.9 Å². The summed E-state index contributed by atoms with van der Waals surface area (Å²) in [6, 6.07) is 1.34. The Kier molecular flexibility index (Phi) is 4.33. The minimum Gasteiger partial charge on any atom is -0.478 e. The van der Waals surface area contributed by atoms with Crippen molar-refractivity contribution in [2.24, 2.45) is 0 Å². The summed E-state index contributed by atoms with van der Waals surface area (Å²) in [6.45, 7) is 1.78. The quantitative estimate of drug-likeness (QED) is 0.891. The van der Waals surface area contributed by atoms with Gasteiger partial charge in [0, 0.05) is 4.88 Å². The highest BCUT2D eigenvalue weighted by molar-refractivity contribution is 7.16. The molecule has 0 atom stereocenters. The molecule has 1 rings (SSSR count). The molecule has 0 spiro atoms. The van der Waals surface area contributed by atoms with Gasteiger partial charge in [-0.1, -0.05) is 6.92 Å². The number of amides is 1. The van der Waals surface area contributed by atoms with E-state index >= 15 is 0 Å². The van der Waals surface area contributed by atoms with Crippen molar-refractivity contribution >= 4 is 28.2 Å². The third-order valence-electron chi connectivity index (χ3n) is 1.98. The van der Waals surface area contributed by atoms with Crippen LogP contribution in [-0.4, -0.2) is 23.2 Å². The number of hydrogen-bond acceptors (Lipinski definition) is 3. The number of alkyl halides is 3.